The lowest BCUT2D eigenvalue weighted by Gasteiger charge is -2.13. The van der Waals surface area contributed by atoms with Crippen molar-refractivity contribution in [2.45, 2.75) is 39.7 Å². The molecule has 24 heavy (non-hydrogen) atoms. The second-order valence-electron chi connectivity index (χ2n) is 6.03. The predicted molar refractivity (Wildman–Crippen MR) is 93.8 cm³/mol. The summed E-state index contributed by atoms with van der Waals surface area (Å²) in [6.45, 7) is 5.94. The Kier molecular flexibility index (Phi) is 4.60. The minimum Gasteiger partial charge on any atom is -0.350 e. The van der Waals surface area contributed by atoms with Gasteiger partial charge in [0, 0.05) is 11.6 Å². The second kappa shape index (κ2) is 6.83. The molecule has 0 aliphatic rings. The Hall–Kier alpha value is -2.69. The molecule has 0 fully saturated rings. The van der Waals surface area contributed by atoms with Gasteiger partial charge >= 0.3 is 0 Å². The lowest BCUT2D eigenvalue weighted by Crippen LogP contribution is -2.32. The van der Waals surface area contributed by atoms with Crippen molar-refractivity contribution in [3.05, 3.63) is 47.7 Å². The quantitative estimate of drug-likeness (QED) is 0.767. The monoisotopic (exact) mass is 323 g/mol. The maximum Gasteiger partial charge on any atom is 0.259 e. The summed E-state index contributed by atoms with van der Waals surface area (Å²) in [4.78, 5) is 17.3. The minimum atomic E-state index is -0.119. The summed E-state index contributed by atoms with van der Waals surface area (Å²) in [5.41, 5.74) is 3.25. The standard InChI is InChI=1S/C19H21N3O2/c1-4-8-12(2)20-18(23)15-11-16(14-9-6-5-7-10-14)21-19-17(15)13(3)22-24-19/h5-7,9-12H,4,8H2,1-3H3,(H,20,23). The normalized spacial score (nSPS) is 12.3. The van der Waals surface area contributed by atoms with Gasteiger partial charge in [-0.25, -0.2) is 4.98 Å². The number of carbonyl (C=O) groups excluding carboxylic acids is 1. The Balaban J connectivity index is 2.07. The SMILES string of the molecule is CCCC(C)NC(=O)c1cc(-c2ccccc2)nc2onc(C)c12. The number of hydrogen-bond donors (Lipinski definition) is 1. The van der Waals surface area contributed by atoms with Crippen molar-refractivity contribution in [3.63, 3.8) is 0 Å². The number of fused-ring (bicyclic) bond motifs is 1. The maximum absolute atomic E-state index is 12.8. The summed E-state index contributed by atoms with van der Waals surface area (Å²) in [7, 11) is 0. The molecule has 124 valence electrons. The fourth-order valence-corrected chi connectivity index (χ4v) is 2.84. The predicted octanol–water partition coefficient (Wildman–Crippen LogP) is 4.12. The molecule has 1 N–H and O–H groups in total. The highest BCUT2D eigenvalue weighted by Gasteiger charge is 2.20. The molecule has 0 spiro atoms. The first kappa shape index (κ1) is 16.2. The molecule has 3 rings (SSSR count). The summed E-state index contributed by atoms with van der Waals surface area (Å²) >= 11 is 0. The zero-order valence-corrected chi connectivity index (χ0v) is 14.2. The molecule has 0 saturated carbocycles. The van der Waals surface area contributed by atoms with Gasteiger partial charge in [-0.1, -0.05) is 48.8 Å². The van der Waals surface area contributed by atoms with Crippen LogP contribution in [0.25, 0.3) is 22.4 Å². The summed E-state index contributed by atoms with van der Waals surface area (Å²) in [5, 5.41) is 7.70. The number of hydrogen-bond acceptors (Lipinski definition) is 4. The van der Waals surface area contributed by atoms with Crippen LogP contribution in [0, 0.1) is 6.92 Å². The van der Waals surface area contributed by atoms with Gasteiger partial charge in [0.1, 0.15) is 0 Å². The van der Waals surface area contributed by atoms with Crippen LogP contribution in [0.5, 0.6) is 0 Å². The maximum atomic E-state index is 12.8. The molecule has 1 atom stereocenters. The van der Waals surface area contributed by atoms with Crippen LogP contribution in [0.4, 0.5) is 0 Å². The zero-order chi connectivity index (χ0) is 17.1. The molecule has 2 heterocycles. The van der Waals surface area contributed by atoms with E-state index in [1.165, 1.54) is 0 Å². The molecule has 1 aromatic carbocycles. The van der Waals surface area contributed by atoms with Crippen LogP contribution in [0.15, 0.2) is 40.9 Å². The molecule has 0 radical (unpaired) electrons. The molecule has 0 saturated heterocycles. The van der Waals surface area contributed by atoms with Crippen LogP contribution in [-0.4, -0.2) is 22.1 Å². The van der Waals surface area contributed by atoms with Crippen molar-refractivity contribution in [3.8, 4) is 11.3 Å². The average molecular weight is 323 g/mol. The van der Waals surface area contributed by atoms with E-state index in [9.17, 15) is 4.79 Å². The highest BCUT2D eigenvalue weighted by Crippen LogP contribution is 2.27. The largest absolute Gasteiger partial charge is 0.350 e. The summed E-state index contributed by atoms with van der Waals surface area (Å²) in [6.07, 6.45) is 1.96. The molecular formula is C19H21N3O2. The van der Waals surface area contributed by atoms with Gasteiger partial charge in [0.15, 0.2) is 0 Å². The number of carbonyl (C=O) groups is 1. The highest BCUT2D eigenvalue weighted by atomic mass is 16.5. The van der Waals surface area contributed by atoms with Crippen LogP contribution in [0.1, 0.15) is 42.7 Å². The van der Waals surface area contributed by atoms with Crippen LogP contribution >= 0.6 is 0 Å². The van der Waals surface area contributed by atoms with Gasteiger partial charge in [-0.15, -0.1) is 0 Å². The van der Waals surface area contributed by atoms with Crippen LogP contribution in [-0.2, 0) is 0 Å². The first-order chi connectivity index (χ1) is 11.6. The highest BCUT2D eigenvalue weighted by molar-refractivity contribution is 6.07. The van der Waals surface area contributed by atoms with Gasteiger partial charge in [-0.3, -0.25) is 4.79 Å². The third kappa shape index (κ3) is 3.15. The van der Waals surface area contributed by atoms with E-state index in [2.05, 4.69) is 22.4 Å². The first-order valence-corrected chi connectivity index (χ1v) is 8.23. The number of aryl methyl sites for hydroxylation is 1. The molecule has 1 amide bonds. The van der Waals surface area contributed by atoms with E-state index in [0.717, 1.165) is 18.4 Å². The number of amides is 1. The van der Waals surface area contributed by atoms with Crippen molar-refractivity contribution < 1.29 is 9.32 Å². The van der Waals surface area contributed by atoms with Crippen LogP contribution in [0.3, 0.4) is 0 Å². The van der Waals surface area contributed by atoms with Gasteiger partial charge in [-0.2, -0.15) is 0 Å². The molecule has 2 aromatic heterocycles. The number of nitrogens with one attached hydrogen (secondary N) is 1. The molecule has 5 heteroatoms. The first-order valence-electron chi connectivity index (χ1n) is 8.23. The Labute approximate surface area is 141 Å². The van der Waals surface area contributed by atoms with Crippen molar-refractivity contribution in [2.75, 3.05) is 0 Å². The number of benzene rings is 1. The molecule has 5 nitrogen and oxygen atoms in total. The lowest BCUT2D eigenvalue weighted by atomic mass is 10.0. The van der Waals surface area contributed by atoms with Crippen LogP contribution in [0.2, 0.25) is 0 Å². The molecule has 3 aromatic rings. The number of pyridine rings is 1. The van der Waals surface area contributed by atoms with E-state index in [1.807, 2.05) is 50.2 Å². The number of rotatable bonds is 5. The molecular weight excluding hydrogens is 302 g/mol. The molecule has 0 bridgehead atoms. The third-order valence-corrected chi connectivity index (χ3v) is 4.03. The van der Waals surface area contributed by atoms with E-state index in [4.69, 9.17) is 4.52 Å². The van der Waals surface area contributed by atoms with Gasteiger partial charge in [0.2, 0.25) is 0 Å². The minimum absolute atomic E-state index is 0.117. The summed E-state index contributed by atoms with van der Waals surface area (Å²) in [5.74, 6) is -0.119. The lowest BCUT2D eigenvalue weighted by molar-refractivity contribution is 0.0940. The Morgan fingerprint density at radius 1 is 1.29 bits per heavy atom. The fourth-order valence-electron chi connectivity index (χ4n) is 2.84. The van der Waals surface area contributed by atoms with Crippen molar-refractivity contribution in [1.82, 2.24) is 15.5 Å². The smallest absolute Gasteiger partial charge is 0.259 e. The fraction of sp³-hybridized carbons (Fsp3) is 0.316. The molecule has 1 unspecified atom stereocenters. The summed E-state index contributed by atoms with van der Waals surface area (Å²) in [6, 6.07) is 11.7. The van der Waals surface area contributed by atoms with E-state index >= 15 is 0 Å². The van der Waals surface area contributed by atoms with E-state index < -0.39 is 0 Å². The third-order valence-electron chi connectivity index (χ3n) is 4.03. The van der Waals surface area contributed by atoms with Crippen LogP contribution < -0.4 is 5.32 Å². The zero-order valence-electron chi connectivity index (χ0n) is 14.2. The van der Waals surface area contributed by atoms with Gasteiger partial charge in [0.25, 0.3) is 11.6 Å². The molecule has 0 aliphatic heterocycles. The Morgan fingerprint density at radius 3 is 2.75 bits per heavy atom. The van der Waals surface area contributed by atoms with E-state index in [1.54, 1.807) is 0 Å². The average Bonchev–Trinajstić information content (AvgIpc) is 2.96. The van der Waals surface area contributed by atoms with E-state index in [0.29, 0.717) is 28.1 Å². The Bertz CT molecular complexity index is 856. The number of nitrogens with zero attached hydrogens (tertiary/aromatic N) is 2. The van der Waals surface area contributed by atoms with Crippen molar-refractivity contribution >= 4 is 17.0 Å². The number of aromatic nitrogens is 2. The van der Waals surface area contributed by atoms with Gasteiger partial charge in [0.05, 0.1) is 22.3 Å². The van der Waals surface area contributed by atoms with Gasteiger partial charge < -0.3 is 9.84 Å². The Morgan fingerprint density at radius 2 is 2.04 bits per heavy atom. The van der Waals surface area contributed by atoms with E-state index in [-0.39, 0.29) is 11.9 Å². The van der Waals surface area contributed by atoms with Crippen molar-refractivity contribution in [1.29, 1.82) is 0 Å². The van der Waals surface area contributed by atoms with Gasteiger partial charge in [-0.05, 0) is 26.3 Å². The second-order valence-corrected chi connectivity index (χ2v) is 6.03. The summed E-state index contributed by atoms with van der Waals surface area (Å²) < 4.78 is 5.31. The topological polar surface area (TPSA) is 68.0 Å². The molecule has 0 aliphatic carbocycles. The van der Waals surface area contributed by atoms with Crippen molar-refractivity contribution in [2.24, 2.45) is 0 Å².